The molecular formula is C11H9N3O5S. The van der Waals surface area contributed by atoms with Gasteiger partial charge in [-0.3, -0.25) is 10.1 Å². The second-order valence-electron chi connectivity index (χ2n) is 3.45. The van der Waals surface area contributed by atoms with E-state index in [1.165, 1.54) is 12.1 Å². The van der Waals surface area contributed by atoms with Gasteiger partial charge in [0, 0.05) is 17.0 Å². The van der Waals surface area contributed by atoms with Crippen LogP contribution in [0.15, 0.2) is 38.8 Å². The lowest BCUT2D eigenvalue weighted by atomic mass is 10.3. The molecule has 0 N–H and O–H groups in total. The number of hydrogen-bond acceptors (Lipinski definition) is 8. The monoisotopic (exact) mass is 295 g/mol. The van der Waals surface area contributed by atoms with Crippen molar-refractivity contribution in [3.63, 3.8) is 0 Å². The average Bonchev–Trinajstić information content (AvgIpc) is 2.88. The molecule has 0 aliphatic heterocycles. The summed E-state index contributed by atoms with van der Waals surface area (Å²) in [6, 6.07) is 5.84. The summed E-state index contributed by atoms with van der Waals surface area (Å²) >= 11 is 1.09. The SMILES string of the molecule is CCOC(=O)c1nnc(Sc2ccc([N+](=O)[O-])cc2)o1. The first-order valence-electron chi connectivity index (χ1n) is 5.53. The number of carbonyl (C=O) groups is 1. The molecule has 0 aliphatic carbocycles. The minimum Gasteiger partial charge on any atom is -0.459 e. The first-order chi connectivity index (χ1) is 9.60. The van der Waals surface area contributed by atoms with Crippen molar-refractivity contribution in [1.82, 2.24) is 10.2 Å². The molecule has 104 valence electrons. The van der Waals surface area contributed by atoms with Crippen LogP contribution in [0.5, 0.6) is 0 Å². The van der Waals surface area contributed by atoms with Crippen LogP contribution in [0.4, 0.5) is 5.69 Å². The highest BCUT2D eigenvalue weighted by molar-refractivity contribution is 7.99. The number of aromatic nitrogens is 2. The lowest BCUT2D eigenvalue weighted by molar-refractivity contribution is -0.384. The second-order valence-corrected chi connectivity index (χ2v) is 4.47. The summed E-state index contributed by atoms with van der Waals surface area (Å²) in [5.41, 5.74) is -0.00732. The van der Waals surface area contributed by atoms with Crippen LogP contribution in [0.2, 0.25) is 0 Å². The number of ether oxygens (including phenoxy) is 1. The molecule has 0 amide bonds. The van der Waals surface area contributed by atoms with E-state index in [-0.39, 0.29) is 23.4 Å². The van der Waals surface area contributed by atoms with E-state index < -0.39 is 10.9 Å². The van der Waals surface area contributed by atoms with Crippen LogP contribution >= 0.6 is 11.8 Å². The van der Waals surface area contributed by atoms with Crippen LogP contribution in [0.25, 0.3) is 0 Å². The molecule has 2 rings (SSSR count). The Bertz CT molecular complexity index is 625. The number of non-ortho nitro benzene ring substituents is 1. The van der Waals surface area contributed by atoms with Gasteiger partial charge >= 0.3 is 11.9 Å². The van der Waals surface area contributed by atoms with Crippen LogP contribution in [-0.2, 0) is 4.74 Å². The van der Waals surface area contributed by atoms with Crippen molar-refractivity contribution in [3.8, 4) is 0 Å². The first kappa shape index (κ1) is 14.0. The largest absolute Gasteiger partial charge is 0.459 e. The van der Waals surface area contributed by atoms with Gasteiger partial charge in [-0.25, -0.2) is 4.79 Å². The van der Waals surface area contributed by atoms with E-state index in [1.54, 1.807) is 19.1 Å². The number of nitro benzene ring substituents is 1. The number of nitro groups is 1. The van der Waals surface area contributed by atoms with E-state index in [9.17, 15) is 14.9 Å². The zero-order valence-electron chi connectivity index (χ0n) is 10.3. The lowest BCUT2D eigenvalue weighted by Gasteiger charge is -1.96. The normalized spacial score (nSPS) is 10.2. The maximum Gasteiger partial charge on any atom is 0.396 e. The highest BCUT2D eigenvalue weighted by atomic mass is 32.2. The smallest absolute Gasteiger partial charge is 0.396 e. The minimum atomic E-state index is -0.685. The van der Waals surface area contributed by atoms with Gasteiger partial charge in [0.1, 0.15) is 0 Å². The van der Waals surface area contributed by atoms with Gasteiger partial charge < -0.3 is 9.15 Å². The molecule has 1 aromatic heterocycles. The maximum atomic E-state index is 11.3. The van der Waals surface area contributed by atoms with Crippen LogP contribution in [0.1, 0.15) is 17.6 Å². The molecule has 0 fully saturated rings. The van der Waals surface area contributed by atoms with Crippen molar-refractivity contribution >= 4 is 23.4 Å². The third-order valence-electron chi connectivity index (χ3n) is 2.11. The van der Waals surface area contributed by atoms with Crippen molar-refractivity contribution in [3.05, 3.63) is 40.3 Å². The Balaban J connectivity index is 2.06. The molecule has 0 saturated heterocycles. The molecular weight excluding hydrogens is 286 g/mol. The average molecular weight is 295 g/mol. The van der Waals surface area contributed by atoms with Crippen LogP contribution in [-0.4, -0.2) is 27.7 Å². The van der Waals surface area contributed by atoms with E-state index in [2.05, 4.69) is 10.2 Å². The van der Waals surface area contributed by atoms with Gasteiger partial charge in [-0.1, -0.05) is 5.10 Å². The van der Waals surface area contributed by atoms with Crippen molar-refractivity contribution in [2.45, 2.75) is 17.0 Å². The molecule has 0 aliphatic rings. The topological polar surface area (TPSA) is 108 Å². The molecule has 8 nitrogen and oxygen atoms in total. The minimum absolute atomic E-state index is 0.00732. The number of rotatable bonds is 5. The van der Waals surface area contributed by atoms with E-state index in [0.29, 0.717) is 4.90 Å². The molecule has 0 spiro atoms. The lowest BCUT2D eigenvalue weighted by Crippen LogP contribution is -2.04. The predicted octanol–water partition coefficient (Wildman–Crippen LogP) is 2.31. The highest BCUT2D eigenvalue weighted by Crippen LogP contribution is 2.27. The first-order valence-corrected chi connectivity index (χ1v) is 6.34. The molecule has 0 bridgehead atoms. The van der Waals surface area contributed by atoms with E-state index in [1.807, 2.05) is 0 Å². The summed E-state index contributed by atoms with van der Waals surface area (Å²) in [6.45, 7) is 1.88. The van der Waals surface area contributed by atoms with Gasteiger partial charge in [-0.15, -0.1) is 5.10 Å². The summed E-state index contributed by atoms with van der Waals surface area (Å²) in [5, 5.41) is 17.9. The third-order valence-corrected chi connectivity index (χ3v) is 2.96. The number of nitrogens with zero attached hydrogens (tertiary/aromatic N) is 3. The molecule has 9 heteroatoms. The molecule has 0 atom stereocenters. The van der Waals surface area contributed by atoms with Gasteiger partial charge in [0.2, 0.25) is 0 Å². The molecule has 20 heavy (non-hydrogen) atoms. The number of benzene rings is 1. The zero-order valence-corrected chi connectivity index (χ0v) is 11.1. The van der Waals surface area contributed by atoms with E-state index in [0.717, 1.165) is 11.8 Å². The van der Waals surface area contributed by atoms with Crippen LogP contribution in [0.3, 0.4) is 0 Å². The van der Waals surface area contributed by atoms with Crippen molar-refractivity contribution in [2.75, 3.05) is 6.61 Å². The Morgan fingerprint density at radius 1 is 1.40 bits per heavy atom. The summed E-state index contributed by atoms with van der Waals surface area (Å²) in [7, 11) is 0. The Labute approximate surface area is 117 Å². The summed E-state index contributed by atoms with van der Waals surface area (Å²) in [6.07, 6.45) is 0. The standard InChI is InChI=1S/C11H9N3O5S/c1-2-18-10(15)9-12-13-11(19-9)20-8-5-3-7(4-6-8)14(16)17/h3-6H,2H2,1H3. The fourth-order valence-corrected chi connectivity index (χ4v) is 1.94. The molecule has 0 radical (unpaired) electrons. The highest BCUT2D eigenvalue weighted by Gasteiger charge is 2.16. The zero-order chi connectivity index (χ0) is 14.5. The maximum absolute atomic E-state index is 11.3. The van der Waals surface area contributed by atoms with Crippen molar-refractivity contribution in [1.29, 1.82) is 0 Å². The third kappa shape index (κ3) is 3.32. The molecule has 0 saturated carbocycles. The predicted molar refractivity (Wildman–Crippen MR) is 67.5 cm³/mol. The number of carbonyl (C=O) groups excluding carboxylic acids is 1. The van der Waals surface area contributed by atoms with Gasteiger partial charge in [0.15, 0.2) is 0 Å². The Kier molecular flexibility index (Phi) is 4.31. The van der Waals surface area contributed by atoms with Gasteiger partial charge in [0.25, 0.3) is 10.9 Å². The van der Waals surface area contributed by atoms with Crippen molar-refractivity contribution in [2.24, 2.45) is 0 Å². The summed E-state index contributed by atoms with van der Waals surface area (Å²) in [4.78, 5) is 22.0. The number of hydrogen-bond donors (Lipinski definition) is 0. The Morgan fingerprint density at radius 3 is 2.70 bits per heavy atom. The van der Waals surface area contributed by atoms with Crippen LogP contribution in [0, 0.1) is 10.1 Å². The molecule has 2 aromatic rings. The molecule has 1 heterocycles. The Morgan fingerprint density at radius 2 is 2.10 bits per heavy atom. The molecule has 1 aromatic carbocycles. The summed E-state index contributed by atoms with van der Waals surface area (Å²) in [5.74, 6) is -0.910. The van der Waals surface area contributed by atoms with Gasteiger partial charge in [-0.2, -0.15) is 0 Å². The fourth-order valence-electron chi connectivity index (χ4n) is 1.26. The fraction of sp³-hybridized carbons (Fsp3) is 0.182. The van der Waals surface area contributed by atoms with E-state index >= 15 is 0 Å². The summed E-state index contributed by atoms with van der Waals surface area (Å²) < 4.78 is 9.83. The van der Waals surface area contributed by atoms with Crippen LogP contribution < -0.4 is 0 Å². The number of esters is 1. The Hall–Kier alpha value is -2.42. The van der Waals surface area contributed by atoms with Crippen molar-refractivity contribution < 1.29 is 18.9 Å². The van der Waals surface area contributed by atoms with Gasteiger partial charge in [-0.05, 0) is 30.8 Å². The van der Waals surface area contributed by atoms with E-state index in [4.69, 9.17) is 9.15 Å². The quantitative estimate of drug-likeness (QED) is 0.469. The molecule has 0 unspecified atom stereocenters. The van der Waals surface area contributed by atoms with Gasteiger partial charge in [0.05, 0.1) is 11.5 Å². The second kappa shape index (κ2) is 6.15.